The third-order valence-electron chi connectivity index (χ3n) is 5.39. The third-order valence-corrected chi connectivity index (χ3v) is 7.09. The summed E-state index contributed by atoms with van der Waals surface area (Å²) in [5.74, 6) is -0.932. The minimum atomic E-state index is -4.56. The molecular weight excluding hydrogens is 485 g/mol. The second-order valence-electron chi connectivity index (χ2n) is 8.04. The van der Waals surface area contributed by atoms with Gasteiger partial charge in [-0.1, -0.05) is 54.1 Å². The van der Waals surface area contributed by atoms with Gasteiger partial charge in [0.15, 0.2) is 0 Å². The molecule has 9 heteroatoms. The van der Waals surface area contributed by atoms with Crippen LogP contribution in [0.5, 0.6) is 0 Å². The lowest BCUT2D eigenvalue weighted by molar-refractivity contribution is -0.137. The van der Waals surface area contributed by atoms with Crippen molar-refractivity contribution in [1.29, 1.82) is 5.26 Å². The summed E-state index contributed by atoms with van der Waals surface area (Å²) in [4.78, 5) is 0. The fourth-order valence-electron chi connectivity index (χ4n) is 3.76. The molecule has 3 aromatic carbocycles. The Hall–Kier alpha value is -2.86. The zero-order valence-electron chi connectivity index (χ0n) is 18.2. The van der Waals surface area contributed by atoms with Crippen molar-refractivity contribution in [3.63, 3.8) is 0 Å². The third kappa shape index (κ3) is 7.07. The lowest BCUT2D eigenvalue weighted by Crippen LogP contribution is -2.38. The van der Waals surface area contributed by atoms with Gasteiger partial charge in [0.25, 0.3) is 0 Å². The number of alkyl halides is 3. The predicted octanol–water partition coefficient (Wildman–Crippen LogP) is 6.06. The Morgan fingerprint density at radius 3 is 2.32 bits per heavy atom. The van der Waals surface area contributed by atoms with E-state index >= 15 is 0 Å². The van der Waals surface area contributed by atoms with Gasteiger partial charge in [-0.2, -0.15) is 18.4 Å². The van der Waals surface area contributed by atoms with E-state index in [1.807, 2.05) is 18.2 Å². The fraction of sp³-hybridized carbons (Fsp3) is 0.240. The summed E-state index contributed by atoms with van der Waals surface area (Å²) in [5.41, 5.74) is 1.26. The van der Waals surface area contributed by atoms with Crippen molar-refractivity contribution < 1.29 is 21.6 Å². The monoisotopic (exact) mass is 506 g/mol. The van der Waals surface area contributed by atoms with Crippen LogP contribution in [0, 0.1) is 11.3 Å². The summed E-state index contributed by atoms with van der Waals surface area (Å²) in [5, 5.41) is 9.85. The number of nitrogens with zero attached hydrogens (tertiary/aromatic N) is 1. The SMILES string of the molecule is C[C@H](NS(=O)(=O)Cc1cccc(C(F)(F)F)c1)[C@@H](Cc1ccc(Cl)cc1)c1cccc(C#N)c1. The Balaban J connectivity index is 1.86. The van der Waals surface area contributed by atoms with Crippen LogP contribution in [0.1, 0.15) is 40.7 Å². The highest BCUT2D eigenvalue weighted by Gasteiger charge is 2.31. The van der Waals surface area contributed by atoms with E-state index in [4.69, 9.17) is 11.6 Å². The van der Waals surface area contributed by atoms with E-state index in [0.29, 0.717) is 17.0 Å². The molecule has 0 saturated heterocycles. The quantitative estimate of drug-likeness (QED) is 0.403. The van der Waals surface area contributed by atoms with Crippen molar-refractivity contribution in [3.05, 3.63) is 106 Å². The largest absolute Gasteiger partial charge is 0.416 e. The normalized spacial score (nSPS) is 13.8. The minimum absolute atomic E-state index is 0.0373. The molecule has 0 amide bonds. The summed E-state index contributed by atoms with van der Waals surface area (Å²) in [6.45, 7) is 1.70. The van der Waals surface area contributed by atoms with Crippen LogP contribution in [0.2, 0.25) is 5.02 Å². The van der Waals surface area contributed by atoms with Gasteiger partial charge in [0, 0.05) is 17.0 Å². The number of nitrogens with one attached hydrogen (secondary N) is 1. The molecule has 0 radical (unpaired) electrons. The second-order valence-corrected chi connectivity index (χ2v) is 10.2. The molecule has 3 rings (SSSR count). The predicted molar refractivity (Wildman–Crippen MR) is 126 cm³/mol. The van der Waals surface area contributed by atoms with Crippen molar-refractivity contribution in [1.82, 2.24) is 4.72 Å². The number of benzene rings is 3. The highest BCUT2D eigenvalue weighted by Crippen LogP contribution is 2.30. The number of halogens is 4. The molecule has 2 atom stereocenters. The van der Waals surface area contributed by atoms with Crippen LogP contribution in [0.25, 0.3) is 0 Å². The molecule has 0 unspecified atom stereocenters. The van der Waals surface area contributed by atoms with E-state index in [0.717, 1.165) is 23.3 Å². The Morgan fingerprint density at radius 1 is 1.00 bits per heavy atom. The zero-order chi connectivity index (χ0) is 24.9. The molecule has 3 aromatic rings. The molecule has 34 heavy (non-hydrogen) atoms. The number of nitriles is 1. The zero-order valence-corrected chi connectivity index (χ0v) is 19.8. The molecule has 4 nitrogen and oxygen atoms in total. The molecule has 178 valence electrons. The summed E-state index contributed by atoms with van der Waals surface area (Å²) >= 11 is 5.97. The standard InChI is InChI=1S/C25H22ClF3N2O2S/c1-17(31-34(32,33)16-20-5-3-7-22(13-20)25(27,28)29)24(14-18-8-10-23(26)11-9-18)21-6-2-4-19(12-21)15-30/h2-13,17,24,31H,14,16H2,1H3/t17-,24+/m0/s1. The van der Waals surface area contributed by atoms with Gasteiger partial charge < -0.3 is 0 Å². The second kappa shape index (κ2) is 10.6. The van der Waals surface area contributed by atoms with Gasteiger partial charge in [-0.15, -0.1) is 0 Å². The lowest BCUT2D eigenvalue weighted by Gasteiger charge is -2.26. The maximum absolute atomic E-state index is 13.0. The first-order chi connectivity index (χ1) is 16.0. The van der Waals surface area contributed by atoms with Crippen LogP contribution in [0.15, 0.2) is 72.8 Å². The number of hydrogen-bond acceptors (Lipinski definition) is 3. The fourth-order valence-corrected chi connectivity index (χ4v) is 5.32. The van der Waals surface area contributed by atoms with Gasteiger partial charge in [0.1, 0.15) is 0 Å². The number of rotatable bonds is 8. The van der Waals surface area contributed by atoms with Crippen molar-refractivity contribution in [2.45, 2.75) is 37.2 Å². The van der Waals surface area contributed by atoms with Gasteiger partial charge in [0.2, 0.25) is 10.0 Å². The van der Waals surface area contributed by atoms with Gasteiger partial charge >= 0.3 is 6.18 Å². The highest BCUT2D eigenvalue weighted by atomic mass is 35.5. The molecule has 0 aromatic heterocycles. The van der Waals surface area contributed by atoms with Gasteiger partial charge in [0.05, 0.1) is 22.9 Å². The number of sulfonamides is 1. The van der Waals surface area contributed by atoms with Gasteiger partial charge in [-0.25, -0.2) is 13.1 Å². The Labute approximate surface area is 202 Å². The topological polar surface area (TPSA) is 70.0 Å². The van der Waals surface area contributed by atoms with Gasteiger partial charge in [-0.3, -0.25) is 0 Å². The summed E-state index contributed by atoms with van der Waals surface area (Å²) in [7, 11) is -3.97. The summed E-state index contributed by atoms with van der Waals surface area (Å²) < 4.78 is 67.3. The Bertz CT molecular complexity index is 1290. The van der Waals surface area contributed by atoms with Crippen LogP contribution in [-0.4, -0.2) is 14.5 Å². The maximum atomic E-state index is 13.0. The average molecular weight is 507 g/mol. The Kier molecular flexibility index (Phi) is 8.03. The maximum Gasteiger partial charge on any atom is 0.416 e. The molecule has 0 heterocycles. The first kappa shape index (κ1) is 25.8. The molecule has 0 saturated carbocycles. The lowest BCUT2D eigenvalue weighted by atomic mass is 9.86. The molecule has 0 aliphatic heterocycles. The van der Waals surface area contributed by atoms with E-state index in [9.17, 15) is 26.9 Å². The average Bonchev–Trinajstić information content (AvgIpc) is 2.77. The molecule has 0 aliphatic rings. The summed E-state index contributed by atoms with van der Waals surface area (Å²) in [6.07, 6.45) is -4.10. The van der Waals surface area contributed by atoms with E-state index in [2.05, 4.69) is 10.8 Å². The molecule has 0 fully saturated rings. The molecule has 0 bridgehead atoms. The highest BCUT2D eigenvalue weighted by molar-refractivity contribution is 7.88. The van der Waals surface area contributed by atoms with E-state index in [1.165, 1.54) is 12.1 Å². The first-order valence-corrected chi connectivity index (χ1v) is 12.4. The minimum Gasteiger partial charge on any atom is -0.212 e. The van der Waals surface area contributed by atoms with Crippen LogP contribution < -0.4 is 4.72 Å². The molecule has 0 spiro atoms. The molecular formula is C25H22ClF3N2O2S. The van der Waals surface area contributed by atoms with E-state index in [1.54, 1.807) is 37.3 Å². The van der Waals surface area contributed by atoms with Crippen LogP contribution in [0.4, 0.5) is 13.2 Å². The smallest absolute Gasteiger partial charge is 0.212 e. The molecule has 0 aliphatic carbocycles. The van der Waals surface area contributed by atoms with E-state index < -0.39 is 33.6 Å². The van der Waals surface area contributed by atoms with Crippen molar-refractivity contribution in [3.8, 4) is 6.07 Å². The van der Waals surface area contributed by atoms with Crippen molar-refractivity contribution in [2.75, 3.05) is 0 Å². The van der Waals surface area contributed by atoms with Crippen LogP contribution in [-0.2, 0) is 28.4 Å². The van der Waals surface area contributed by atoms with Crippen LogP contribution >= 0.6 is 11.6 Å². The first-order valence-electron chi connectivity index (χ1n) is 10.4. The Morgan fingerprint density at radius 2 is 1.68 bits per heavy atom. The van der Waals surface area contributed by atoms with Gasteiger partial charge in [-0.05, 0) is 60.4 Å². The van der Waals surface area contributed by atoms with Crippen molar-refractivity contribution >= 4 is 21.6 Å². The summed E-state index contributed by atoms with van der Waals surface area (Å²) in [6, 6.07) is 19.8. The van der Waals surface area contributed by atoms with Crippen molar-refractivity contribution in [2.24, 2.45) is 0 Å². The number of hydrogen-bond donors (Lipinski definition) is 1. The van der Waals surface area contributed by atoms with E-state index in [-0.39, 0.29) is 11.5 Å². The van der Waals surface area contributed by atoms with Crippen LogP contribution in [0.3, 0.4) is 0 Å². The molecule has 1 N–H and O–H groups in total.